The van der Waals surface area contributed by atoms with Crippen molar-refractivity contribution in [2.24, 2.45) is 0 Å². The topological polar surface area (TPSA) is 69.6 Å². The molecule has 4 rings (SSSR count). The molecule has 158 valence electrons. The predicted molar refractivity (Wildman–Crippen MR) is 109 cm³/mol. The number of rotatable bonds is 4. The maximum atomic E-state index is 13.8. The van der Waals surface area contributed by atoms with Crippen molar-refractivity contribution in [3.63, 3.8) is 0 Å². The molecule has 2 N–H and O–H groups in total. The summed E-state index contributed by atoms with van der Waals surface area (Å²) in [5, 5.41) is 4.78. The first kappa shape index (κ1) is 20.8. The monoisotopic (exact) mass is 447 g/mol. The molecule has 0 atom stereocenters. The average Bonchev–Trinajstić information content (AvgIpc) is 3.16. The van der Waals surface area contributed by atoms with Gasteiger partial charge < -0.3 is 5.73 Å². The van der Waals surface area contributed by atoms with Gasteiger partial charge >= 0.3 is 6.18 Å². The zero-order chi connectivity index (χ0) is 22.2. The normalized spacial score (nSPS) is 11.6. The van der Waals surface area contributed by atoms with Crippen LogP contribution >= 0.6 is 11.6 Å². The number of alkyl halides is 3. The van der Waals surface area contributed by atoms with Crippen LogP contribution in [0.1, 0.15) is 11.1 Å². The van der Waals surface area contributed by atoms with Crippen LogP contribution in [0.15, 0.2) is 61.2 Å². The maximum absolute atomic E-state index is 13.8. The largest absolute Gasteiger partial charge is 0.419 e. The summed E-state index contributed by atoms with van der Waals surface area (Å²) in [5.74, 6) is -1.06. The second-order valence-corrected chi connectivity index (χ2v) is 7.16. The molecule has 0 saturated heterocycles. The van der Waals surface area contributed by atoms with E-state index in [1.54, 1.807) is 36.7 Å². The van der Waals surface area contributed by atoms with E-state index in [2.05, 4.69) is 15.1 Å². The third-order valence-electron chi connectivity index (χ3n) is 4.60. The molecule has 0 aliphatic heterocycles. The van der Waals surface area contributed by atoms with E-state index >= 15 is 0 Å². The first-order valence-corrected chi connectivity index (χ1v) is 9.35. The van der Waals surface area contributed by atoms with Crippen LogP contribution in [-0.4, -0.2) is 19.7 Å². The van der Waals surface area contributed by atoms with Crippen molar-refractivity contribution in [1.82, 2.24) is 19.7 Å². The van der Waals surface area contributed by atoms with Crippen LogP contribution in [0.5, 0.6) is 0 Å². The van der Waals surface area contributed by atoms with Crippen LogP contribution < -0.4 is 5.73 Å². The molecule has 0 fully saturated rings. The van der Waals surface area contributed by atoms with Crippen molar-refractivity contribution >= 4 is 17.4 Å². The van der Waals surface area contributed by atoms with Crippen molar-refractivity contribution in [2.45, 2.75) is 12.7 Å². The predicted octanol–water partition coefficient (Wildman–Crippen LogP) is 5.45. The van der Waals surface area contributed by atoms with E-state index in [1.165, 1.54) is 17.1 Å². The number of nitrogens with zero attached hydrogens (tertiary/aromatic N) is 4. The fraction of sp³-hybridized carbons (Fsp3) is 0.0952. The highest BCUT2D eigenvalue weighted by molar-refractivity contribution is 6.30. The van der Waals surface area contributed by atoms with E-state index in [9.17, 15) is 17.6 Å². The van der Waals surface area contributed by atoms with Crippen molar-refractivity contribution in [3.8, 4) is 22.4 Å². The highest BCUT2D eigenvalue weighted by Gasteiger charge is 2.33. The Kier molecular flexibility index (Phi) is 5.36. The highest BCUT2D eigenvalue weighted by Crippen LogP contribution is 2.34. The quantitative estimate of drug-likeness (QED) is 0.422. The third-order valence-corrected chi connectivity index (χ3v) is 4.85. The molecular formula is C21H14ClF4N5. The van der Waals surface area contributed by atoms with Gasteiger partial charge in [-0.25, -0.2) is 14.4 Å². The fourth-order valence-corrected chi connectivity index (χ4v) is 3.29. The zero-order valence-electron chi connectivity index (χ0n) is 15.7. The molecule has 0 bridgehead atoms. The molecule has 0 amide bonds. The lowest BCUT2D eigenvalue weighted by Gasteiger charge is -2.10. The smallest absolute Gasteiger partial charge is 0.383 e. The molecule has 2 aromatic heterocycles. The van der Waals surface area contributed by atoms with Gasteiger partial charge in [-0.2, -0.15) is 18.3 Å². The summed E-state index contributed by atoms with van der Waals surface area (Å²) in [6, 6.07) is 9.80. The van der Waals surface area contributed by atoms with Crippen LogP contribution in [0.4, 0.5) is 23.4 Å². The number of hydrogen-bond donors (Lipinski definition) is 1. The Morgan fingerprint density at radius 1 is 1.00 bits per heavy atom. The molecule has 5 nitrogen and oxygen atoms in total. The molecule has 2 heterocycles. The zero-order valence-corrected chi connectivity index (χ0v) is 16.5. The number of benzene rings is 2. The summed E-state index contributed by atoms with van der Waals surface area (Å²) in [4.78, 5) is 8.37. The van der Waals surface area contributed by atoms with Gasteiger partial charge in [-0.3, -0.25) is 4.68 Å². The minimum absolute atomic E-state index is 0.0753. The van der Waals surface area contributed by atoms with Crippen LogP contribution in [-0.2, 0) is 12.7 Å². The van der Waals surface area contributed by atoms with E-state index in [-0.39, 0.29) is 12.4 Å². The molecule has 0 unspecified atom stereocenters. The van der Waals surface area contributed by atoms with Gasteiger partial charge in [0.05, 0.1) is 29.6 Å². The highest BCUT2D eigenvalue weighted by atomic mass is 35.5. The van der Waals surface area contributed by atoms with Crippen LogP contribution in [0.3, 0.4) is 0 Å². The van der Waals surface area contributed by atoms with Crippen LogP contribution in [0.2, 0.25) is 5.02 Å². The molecule has 0 saturated carbocycles. The van der Waals surface area contributed by atoms with E-state index in [0.29, 0.717) is 27.4 Å². The number of nitrogens with two attached hydrogens (primary N) is 1. The van der Waals surface area contributed by atoms with E-state index in [1.807, 2.05) is 0 Å². The molecule has 31 heavy (non-hydrogen) atoms. The summed E-state index contributed by atoms with van der Waals surface area (Å²) in [6.45, 7) is 0.0753. The molecule has 4 aromatic rings. The van der Waals surface area contributed by atoms with Gasteiger partial charge in [0.1, 0.15) is 18.0 Å². The Labute approximate surface area is 179 Å². The maximum Gasteiger partial charge on any atom is 0.419 e. The second-order valence-electron chi connectivity index (χ2n) is 6.73. The summed E-state index contributed by atoms with van der Waals surface area (Å²) < 4.78 is 53.5. The van der Waals surface area contributed by atoms with E-state index in [4.69, 9.17) is 17.3 Å². The van der Waals surface area contributed by atoms with Crippen LogP contribution in [0, 0.1) is 5.82 Å². The average molecular weight is 448 g/mol. The van der Waals surface area contributed by atoms with Crippen molar-refractivity contribution in [1.29, 1.82) is 0 Å². The Hall–Kier alpha value is -3.46. The molecular weight excluding hydrogens is 434 g/mol. The third kappa shape index (κ3) is 4.36. The van der Waals surface area contributed by atoms with Gasteiger partial charge in [-0.15, -0.1) is 0 Å². The first-order valence-electron chi connectivity index (χ1n) is 8.97. The minimum Gasteiger partial charge on any atom is -0.383 e. The Bertz CT molecular complexity index is 1240. The second kappa shape index (κ2) is 7.99. The first-order chi connectivity index (χ1) is 14.7. The molecule has 2 aromatic carbocycles. The number of nitrogen functional groups attached to an aromatic ring is 1. The van der Waals surface area contributed by atoms with Gasteiger partial charge in [0.25, 0.3) is 0 Å². The lowest BCUT2D eigenvalue weighted by atomic mass is 10.0. The molecule has 0 spiro atoms. The fourth-order valence-electron chi connectivity index (χ4n) is 3.17. The molecule has 0 aliphatic carbocycles. The van der Waals surface area contributed by atoms with Gasteiger partial charge in [0, 0.05) is 16.8 Å². The van der Waals surface area contributed by atoms with Crippen LogP contribution in [0.25, 0.3) is 22.4 Å². The van der Waals surface area contributed by atoms with Gasteiger partial charge in [-0.05, 0) is 35.4 Å². The van der Waals surface area contributed by atoms with Gasteiger partial charge in [0.15, 0.2) is 0 Å². The van der Waals surface area contributed by atoms with Crippen molar-refractivity contribution < 1.29 is 17.6 Å². The van der Waals surface area contributed by atoms with Gasteiger partial charge in [0.2, 0.25) is 0 Å². The standard InChI is InChI=1S/C21H14ClF4N5/c22-15-4-2-13(3-5-15)18-19(28-11-29-20(18)27)14-8-30-31(10-14)9-12-1-6-16(17(23)7-12)21(24,25)26/h1-8,10-11H,9H2,(H2,27,28,29). The molecule has 0 radical (unpaired) electrons. The lowest BCUT2D eigenvalue weighted by Crippen LogP contribution is -2.09. The molecule has 0 aliphatic rings. The summed E-state index contributed by atoms with van der Waals surface area (Å²) in [7, 11) is 0. The number of aromatic nitrogens is 4. The number of hydrogen-bond acceptors (Lipinski definition) is 4. The minimum atomic E-state index is -4.74. The Morgan fingerprint density at radius 3 is 2.42 bits per heavy atom. The van der Waals surface area contributed by atoms with Crippen molar-refractivity contribution in [3.05, 3.63) is 83.2 Å². The van der Waals surface area contributed by atoms with Crippen molar-refractivity contribution in [2.75, 3.05) is 5.73 Å². The Morgan fingerprint density at radius 2 is 1.74 bits per heavy atom. The number of halogens is 5. The number of anilines is 1. The van der Waals surface area contributed by atoms with E-state index in [0.717, 1.165) is 17.7 Å². The summed E-state index contributed by atoms with van der Waals surface area (Å²) >= 11 is 5.96. The Balaban J connectivity index is 1.65. The summed E-state index contributed by atoms with van der Waals surface area (Å²) in [5.41, 5.74) is 7.61. The van der Waals surface area contributed by atoms with E-state index < -0.39 is 17.6 Å². The lowest BCUT2D eigenvalue weighted by molar-refractivity contribution is -0.140. The van der Waals surface area contributed by atoms with Gasteiger partial charge in [-0.1, -0.05) is 29.8 Å². The summed E-state index contributed by atoms with van der Waals surface area (Å²) in [6.07, 6.45) is -0.225. The SMILES string of the molecule is Nc1ncnc(-c2cnn(Cc3ccc(C(F)(F)F)c(F)c3)c2)c1-c1ccc(Cl)cc1. The molecule has 10 heteroatoms.